The predicted octanol–water partition coefficient (Wildman–Crippen LogP) is 10.0. The van der Waals surface area contributed by atoms with E-state index in [1.54, 1.807) is 0 Å². The molecule has 3 rings (SSSR count). The van der Waals surface area contributed by atoms with Crippen molar-refractivity contribution in [3.05, 3.63) is 108 Å². The molecule has 0 fully saturated rings. The van der Waals surface area contributed by atoms with E-state index >= 15 is 0 Å². The molecule has 1 nitrogen and oxygen atoms in total. The number of hydrogen-bond donors (Lipinski definition) is 1. The average Bonchev–Trinajstić information content (AvgIpc) is 2.88. The minimum atomic E-state index is -0.977. The first-order chi connectivity index (χ1) is 16.1. The van der Waals surface area contributed by atoms with Gasteiger partial charge in [0.15, 0.2) is 0 Å². The topological polar surface area (TPSA) is 20.2 Å². The van der Waals surface area contributed by atoms with Gasteiger partial charge in [0.1, 0.15) is 5.60 Å². The van der Waals surface area contributed by atoms with E-state index in [9.17, 15) is 5.11 Å². The van der Waals surface area contributed by atoms with Gasteiger partial charge in [-0.15, -0.1) is 0 Å². The summed E-state index contributed by atoms with van der Waals surface area (Å²) in [5.41, 5.74) is 2.30. The number of benzene rings is 3. The summed E-state index contributed by atoms with van der Waals surface area (Å²) in [6.45, 7) is 24.9. The lowest BCUT2D eigenvalue weighted by Gasteiger charge is -2.41. The Morgan fingerprint density at radius 3 is 0.824 bits per heavy atom. The monoisotopic (exact) mass is 464 g/mol. The summed E-state index contributed by atoms with van der Waals surface area (Å²) in [6.07, 6.45) is 0. The molecule has 0 saturated heterocycles. The third-order valence-electron chi connectivity index (χ3n) is 5.11. The summed E-state index contributed by atoms with van der Waals surface area (Å²) in [5.74, 6) is 0. The Balaban J connectivity index is 0. The van der Waals surface area contributed by atoms with Gasteiger partial charge in [-0.1, -0.05) is 174 Å². The van der Waals surface area contributed by atoms with E-state index in [0.717, 1.165) is 11.1 Å². The Morgan fingerprint density at radius 1 is 0.412 bits per heavy atom. The summed E-state index contributed by atoms with van der Waals surface area (Å²) in [4.78, 5) is 0. The molecular weight excluding hydrogens is 412 g/mol. The Bertz CT molecular complexity index is 783. The van der Waals surface area contributed by atoms with Crippen LogP contribution in [0, 0.1) is 5.41 Å². The fraction of sp³-hybridized carbons (Fsp3) is 0.455. The largest absolute Gasteiger partial charge is 0.380 e. The average molecular weight is 465 g/mol. The van der Waals surface area contributed by atoms with Crippen LogP contribution in [-0.4, -0.2) is 5.11 Å². The molecule has 0 aliphatic heterocycles. The summed E-state index contributed by atoms with van der Waals surface area (Å²) < 4.78 is 0. The molecule has 0 aliphatic rings. The normalized spacial score (nSPS) is 10.5. The van der Waals surface area contributed by atoms with Gasteiger partial charge in [-0.2, -0.15) is 0 Å². The van der Waals surface area contributed by atoms with Gasteiger partial charge < -0.3 is 5.11 Å². The molecule has 190 valence electrons. The number of hydrogen-bond acceptors (Lipinski definition) is 1. The molecule has 1 heteroatoms. The molecule has 0 aliphatic carbocycles. The van der Waals surface area contributed by atoms with Crippen molar-refractivity contribution in [2.45, 2.75) is 94.1 Å². The smallest absolute Gasteiger partial charge is 0.119 e. The van der Waals surface area contributed by atoms with Gasteiger partial charge in [0, 0.05) is 0 Å². The van der Waals surface area contributed by atoms with Crippen molar-refractivity contribution in [1.82, 2.24) is 0 Å². The van der Waals surface area contributed by atoms with E-state index in [1.807, 2.05) is 102 Å². The maximum atomic E-state index is 11.3. The summed E-state index contributed by atoms with van der Waals surface area (Å²) in [7, 11) is 0. The molecule has 0 heterocycles. The van der Waals surface area contributed by atoms with Crippen LogP contribution < -0.4 is 0 Å². The lowest BCUT2D eigenvalue weighted by Crippen LogP contribution is -2.41. The summed E-state index contributed by atoms with van der Waals surface area (Å²) in [5, 5.41) is 11.3. The number of rotatable bonds is 2. The highest BCUT2D eigenvalue weighted by Crippen LogP contribution is 2.44. The lowest BCUT2D eigenvalue weighted by molar-refractivity contribution is -0.0259. The van der Waals surface area contributed by atoms with Crippen LogP contribution in [-0.2, 0) is 11.0 Å². The first kappa shape index (κ1) is 33.8. The fourth-order valence-corrected chi connectivity index (χ4v) is 3.33. The van der Waals surface area contributed by atoms with Crippen molar-refractivity contribution in [2.75, 3.05) is 0 Å². The van der Waals surface area contributed by atoms with E-state index in [0.29, 0.717) is 5.41 Å². The zero-order valence-electron chi connectivity index (χ0n) is 24.1. The second kappa shape index (κ2) is 17.1. The van der Waals surface area contributed by atoms with Gasteiger partial charge in [-0.3, -0.25) is 0 Å². The van der Waals surface area contributed by atoms with Gasteiger partial charge in [0.2, 0.25) is 0 Å². The van der Waals surface area contributed by atoms with Gasteiger partial charge >= 0.3 is 0 Å². The van der Waals surface area contributed by atoms with Crippen LogP contribution >= 0.6 is 0 Å². The van der Waals surface area contributed by atoms with Crippen LogP contribution in [0.1, 0.15) is 99.8 Å². The molecule has 0 atom stereocenters. The van der Waals surface area contributed by atoms with E-state index in [2.05, 4.69) is 71.9 Å². The Kier molecular flexibility index (Phi) is 17.0. The van der Waals surface area contributed by atoms with Crippen LogP contribution in [0.3, 0.4) is 0 Å². The lowest BCUT2D eigenvalue weighted by atomic mass is 9.68. The molecule has 0 saturated carbocycles. The highest BCUT2D eigenvalue weighted by Gasteiger charge is 2.42. The molecular formula is C33H52O. The fourth-order valence-electron chi connectivity index (χ4n) is 3.33. The Labute approximate surface area is 212 Å². The highest BCUT2D eigenvalue weighted by atomic mass is 16.3. The standard InChI is InChI=1S/C17H20O.C10H14.3C2H6/c1-16(2,3)17(18,14-10-6-4-7-11-14)15-12-8-5-9-13-15;1-10(2,3)9-7-5-4-6-8-9;3*1-2/h4-13,18H,1-3H3;4-8H,1-3H3;3*1-2H3. The van der Waals surface area contributed by atoms with Gasteiger partial charge in [0.25, 0.3) is 0 Å². The molecule has 0 bridgehead atoms. The predicted molar refractivity (Wildman–Crippen MR) is 155 cm³/mol. The minimum Gasteiger partial charge on any atom is -0.380 e. The molecule has 0 unspecified atom stereocenters. The SMILES string of the molecule is CC.CC.CC.CC(C)(C)C(O)(c1ccccc1)c1ccccc1.CC(C)(C)c1ccccc1. The first-order valence-electron chi connectivity index (χ1n) is 13.0. The Hall–Kier alpha value is -2.38. The molecule has 3 aromatic carbocycles. The Morgan fingerprint density at radius 2 is 0.647 bits per heavy atom. The van der Waals surface area contributed by atoms with Crippen LogP contribution in [0.4, 0.5) is 0 Å². The van der Waals surface area contributed by atoms with Gasteiger partial charge in [-0.05, 0) is 27.5 Å². The maximum Gasteiger partial charge on any atom is 0.119 e. The second-order valence-electron chi connectivity index (χ2n) is 9.31. The third kappa shape index (κ3) is 10.3. The van der Waals surface area contributed by atoms with E-state index < -0.39 is 5.60 Å². The molecule has 1 N–H and O–H groups in total. The van der Waals surface area contributed by atoms with E-state index in [1.165, 1.54) is 5.56 Å². The van der Waals surface area contributed by atoms with Crippen molar-refractivity contribution in [3.63, 3.8) is 0 Å². The van der Waals surface area contributed by atoms with Crippen molar-refractivity contribution in [1.29, 1.82) is 0 Å². The second-order valence-corrected chi connectivity index (χ2v) is 9.31. The van der Waals surface area contributed by atoms with Crippen LogP contribution in [0.5, 0.6) is 0 Å². The third-order valence-corrected chi connectivity index (χ3v) is 5.11. The van der Waals surface area contributed by atoms with Gasteiger partial charge in [0.05, 0.1) is 0 Å². The summed E-state index contributed by atoms with van der Waals surface area (Å²) in [6, 6.07) is 30.3. The number of aliphatic hydroxyl groups is 1. The van der Waals surface area contributed by atoms with E-state index in [-0.39, 0.29) is 5.41 Å². The highest BCUT2D eigenvalue weighted by molar-refractivity contribution is 5.38. The molecule has 0 spiro atoms. The molecule has 0 radical (unpaired) electrons. The molecule has 3 aromatic rings. The van der Waals surface area contributed by atoms with Crippen LogP contribution in [0.2, 0.25) is 0 Å². The minimum absolute atomic E-state index is 0.282. The van der Waals surface area contributed by atoms with Crippen molar-refractivity contribution < 1.29 is 5.11 Å². The van der Waals surface area contributed by atoms with Crippen molar-refractivity contribution >= 4 is 0 Å². The van der Waals surface area contributed by atoms with Crippen LogP contribution in [0.25, 0.3) is 0 Å². The summed E-state index contributed by atoms with van der Waals surface area (Å²) >= 11 is 0. The van der Waals surface area contributed by atoms with Crippen LogP contribution in [0.15, 0.2) is 91.0 Å². The molecule has 0 aromatic heterocycles. The maximum absolute atomic E-state index is 11.3. The zero-order valence-corrected chi connectivity index (χ0v) is 24.1. The molecule has 34 heavy (non-hydrogen) atoms. The van der Waals surface area contributed by atoms with E-state index in [4.69, 9.17) is 0 Å². The zero-order chi connectivity index (χ0) is 26.8. The van der Waals surface area contributed by atoms with Gasteiger partial charge in [-0.25, -0.2) is 0 Å². The quantitative estimate of drug-likeness (QED) is 0.400. The van der Waals surface area contributed by atoms with Crippen molar-refractivity contribution in [3.8, 4) is 0 Å². The first-order valence-corrected chi connectivity index (χ1v) is 13.0. The molecule has 0 amide bonds. The van der Waals surface area contributed by atoms with Crippen molar-refractivity contribution in [2.24, 2.45) is 5.41 Å².